The summed E-state index contributed by atoms with van der Waals surface area (Å²) in [6, 6.07) is 4.88. The highest BCUT2D eigenvalue weighted by molar-refractivity contribution is 9.10. The van der Waals surface area contributed by atoms with E-state index in [4.69, 9.17) is 0 Å². The summed E-state index contributed by atoms with van der Waals surface area (Å²) in [5.74, 6) is -0.256. The van der Waals surface area contributed by atoms with Crippen LogP contribution in [0.1, 0.15) is 34.8 Å². The van der Waals surface area contributed by atoms with Crippen molar-refractivity contribution >= 4 is 43.4 Å². The molecular formula is C11H11Br2NO2. The van der Waals surface area contributed by atoms with Gasteiger partial charge in [-0.3, -0.25) is 9.59 Å². The molecule has 1 rings (SSSR count). The van der Waals surface area contributed by atoms with Crippen molar-refractivity contribution in [1.29, 1.82) is 0 Å². The van der Waals surface area contributed by atoms with Crippen LogP contribution in [0.15, 0.2) is 18.2 Å². The first-order valence-corrected chi connectivity index (χ1v) is 6.60. The number of carbonyl (C=O) groups is 2. The summed E-state index contributed by atoms with van der Waals surface area (Å²) in [5, 5.41) is 0. The van der Waals surface area contributed by atoms with Gasteiger partial charge in [-0.2, -0.15) is 0 Å². The fourth-order valence-corrected chi connectivity index (χ4v) is 1.59. The number of alkyl halides is 2. The standard InChI is InChI=1S/C11H11Br2NO2/c1-6(12)10(15)8-4-3-5-9(14-8)11(16)7(2)13/h3-7H,1-2H3. The van der Waals surface area contributed by atoms with Gasteiger partial charge >= 0.3 is 0 Å². The minimum atomic E-state index is -0.299. The van der Waals surface area contributed by atoms with E-state index in [0.717, 1.165) is 0 Å². The molecule has 0 bridgehead atoms. The molecule has 3 nitrogen and oxygen atoms in total. The van der Waals surface area contributed by atoms with E-state index in [2.05, 4.69) is 36.8 Å². The second-order valence-electron chi connectivity index (χ2n) is 3.37. The van der Waals surface area contributed by atoms with Gasteiger partial charge in [-0.05, 0) is 26.0 Å². The Kier molecular flexibility index (Phi) is 4.80. The number of hydrogen-bond acceptors (Lipinski definition) is 3. The lowest BCUT2D eigenvalue weighted by molar-refractivity contribution is 0.0987. The van der Waals surface area contributed by atoms with Crippen LogP contribution in [0.5, 0.6) is 0 Å². The van der Waals surface area contributed by atoms with E-state index in [0.29, 0.717) is 11.4 Å². The Morgan fingerprint density at radius 2 is 1.44 bits per heavy atom. The maximum Gasteiger partial charge on any atom is 0.194 e. The molecule has 1 heterocycles. The molecule has 0 N–H and O–H groups in total. The third kappa shape index (κ3) is 3.22. The Morgan fingerprint density at radius 3 is 1.75 bits per heavy atom. The Labute approximate surface area is 111 Å². The highest BCUT2D eigenvalue weighted by Crippen LogP contribution is 2.11. The lowest BCUT2D eigenvalue weighted by Gasteiger charge is -2.05. The molecule has 16 heavy (non-hydrogen) atoms. The SMILES string of the molecule is CC(Br)C(=O)c1cccc(C(=O)C(C)Br)n1. The molecule has 2 atom stereocenters. The van der Waals surface area contributed by atoms with Crippen LogP contribution in [0.25, 0.3) is 0 Å². The van der Waals surface area contributed by atoms with Crippen LogP contribution in [-0.2, 0) is 0 Å². The normalized spacial score (nSPS) is 14.2. The molecule has 2 unspecified atom stereocenters. The van der Waals surface area contributed by atoms with Crippen molar-refractivity contribution in [2.75, 3.05) is 0 Å². The quantitative estimate of drug-likeness (QED) is 0.620. The zero-order valence-electron chi connectivity index (χ0n) is 8.91. The number of rotatable bonds is 4. The highest BCUT2D eigenvalue weighted by Gasteiger charge is 2.17. The van der Waals surface area contributed by atoms with Gasteiger partial charge in [-0.1, -0.05) is 37.9 Å². The van der Waals surface area contributed by atoms with Gasteiger partial charge in [0.15, 0.2) is 11.6 Å². The summed E-state index contributed by atoms with van der Waals surface area (Å²) in [6.45, 7) is 3.46. The predicted octanol–water partition coefficient (Wildman–Crippen LogP) is 3.01. The Morgan fingerprint density at radius 1 is 1.06 bits per heavy atom. The van der Waals surface area contributed by atoms with Crippen molar-refractivity contribution in [3.05, 3.63) is 29.6 Å². The first-order valence-electron chi connectivity index (χ1n) is 4.77. The summed E-state index contributed by atoms with van der Waals surface area (Å²) in [4.78, 5) is 26.8. The maximum absolute atomic E-state index is 11.7. The molecule has 0 radical (unpaired) electrons. The second kappa shape index (κ2) is 5.68. The van der Waals surface area contributed by atoms with E-state index in [9.17, 15) is 9.59 Å². The third-order valence-corrected chi connectivity index (χ3v) is 2.81. The van der Waals surface area contributed by atoms with Gasteiger partial charge in [0, 0.05) is 0 Å². The fourth-order valence-electron chi connectivity index (χ4n) is 1.12. The van der Waals surface area contributed by atoms with Crippen LogP contribution in [0.2, 0.25) is 0 Å². The van der Waals surface area contributed by atoms with Gasteiger partial charge in [0.05, 0.1) is 9.65 Å². The summed E-state index contributed by atoms with van der Waals surface area (Å²) in [5.41, 5.74) is 0.617. The first kappa shape index (κ1) is 13.5. The molecule has 0 saturated carbocycles. The van der Waals surface area contributed by atoms with Gasteiger partial charge in [0.25, 0.3) is 0 Å². The average Bonchev–Trinajstić information content (AvgIpc) is 2.26. The highest BCUT2D eigenvalue weighted by atomic mass is 79.9. The van der Waals surface area contributed by atoms with Crippen LogP contribution >= 0.6 is 31.9 Å². The Hall–Kier alpha value is -0.550. The number of Topliss-reactive ketones (excluding diaryl/α,β-unsaturated/α-hetero) is 2. The van der Waals surface area contributed by atoms with Crippen LogP contribution in [0, 0.1) is 0 Å². The molecule has 86 valence electrons. The second-order valence-corrected chi connectivity index (χ2v) is 6.12. The van der Waals surface area contributed by atoms with E-state index >= 15 is 0 Å². The summed E-state index contributed by atoms with van der Waals surface area (Å²) < 4.78 is 0. The maximum atomic E-state index is 11.7. The lowest BCUT2D eigenvalue weighted by atomic mass is 10.1. The van der Waals surface area contributed by atoms with E-state index in [1.54, 1.807) is 32.0 Å². The van der Waals surface area contributed by atoms with Crippen molar-refractivity contribution in [1.82, 2.24) is 4.98 Å². The van der Waals surface area contributed by atoms with Gasteiger partial charge in [-0.15, -0.1) is 0 Å². The predicted molar refractivity (Wildman–Crippen MR) is 69.7 cm³/mol. The lowest BCUT2D eigenvalue weighted by Crippen LogP contribution is -2.17. The average molecular weight is 349 g/mol. The number of halogens is 2. The largest absolute Gasteiger partial charge is 0.291 e. The zero-order valence-corrected chi connectivity index (χ0v) is 12.1. The number of aromatic nitrogens is 1. The van der Waals surface area contributed by atoms with Crippen molar-refractivity contribution in [2.45, 2.75) is 23.5 Å². The van der Waals surface area contributed by atoms with E-state index in [1.807, 2.05) is 0 Å². The zero-order chi connectivity index (χ0) is 12.3. The van der Waals surface area contributed by atoms with Gasteiger partial charge in [0.1, 0.15) is 11.4 Å². The number of hydrogen-bond donors (Lipinski definition) is 0. The van der Waals surface area contributed by atoms with E-state index < -0.39 is 0 Å². The Balaban J connectivity index is 3.05. The van der Waals surface area contributed by atoms with Crippen molar-refractivity contribution in [3.8, 4) is 0 Å². The van der Waals surface area contributed by atoms with Crippen LogP contribution in [0.3, 0.4) is 0 Å². The van der Waals surface area contributed by atoms with Crippen molar-refractivity contribution in [3.63, 3.8) is 0 Å². The van der Waals surface area contributed by atoms with Crippen LogP contribution in [0.4, 0.5) is 0 Å². The monoisotopic (exact) mass is 347 g/mol. The molecule has 0 aliphatic rings. The summed E-state index contributed by atoms with van der Waals surface area (Å²) >= 11 is 6.37. The molecule has 0 saturated heterocycles. The first-order chi connectivity index (χ1) is 7.43. The molecule has 5 heteroatoms. The minimum absolute atomic E-state index is 0.128. The fraction of sp³-hybridized carbons (Fsp3) is 0.364. The third-order valence-electron chi connectivity index (χ3n) is 1.98. The molecule has 0 amide bonds. The molecule has 0 aliphatic carbocycles. The van der Waals surface area contributed by atoms with Crippen molar-refractivity contribution in [2.24, 2.45) is 0 Å². The van der Waals surface area contributed by atoms with Gasteiger partial charge in [-0.25, -0.2) is 4.98 Å². The number of carbonyl (C=O) groups excluding carboxylic acids is 2. The molecule has 1 aromatic heterocycles. The number of ketones is 2. The van der Waals surface area contributed by atoms with Gasteiger partial charge < -0.3 is 0 Å². The number of nitrogens with zero attached hydrogens (tertiary/aromatic N) is 1. The molecule has 0 fully saturated rings. The van der Waals surface area contributed by atoms with Gasteiger partial charge in [0.2, 0.25) is 0 Å². The summed E-state index contributed by atoms with van der Waals surface area (Å²) in [7, 11) is 0. The molecule has 0 aromatic carbocycles. The molecular weight excluding hydrogens is 338 g/mol. The Bertz CT molecular complexity index is 381. The van der Waals surface area contributed by atoms with Crippen molar-refractivity contribution < 1.29 is 9.59 Å². The smallest absolute Gasteiger partial charge is 0.194 e. The molecule has 0 spiro atoms. The summed E-state index contributed by atoms with van der Waals surface area (Å²) in [6.07, 6.45) is 0. The van der Waals surface area contributed by atoms with Crippen LogP contribution in [-0.4, -0.2) is 26.2 Å². The van der Waals surface area contributed by atoms with E-state index in [1.165, 1.54) is 0 Å². The number of pyridine rings is 1. The van der Waals surface area contributed by atoms with Crippen LogP contribution < -0.4 is 0 Å². The molecule has 1 aromatic rings. The minimum Gasteiger partial charge on any atom is -0.291 e. The molecule has 0 aliphatic heterocycles. The topological polar surface area (TPSA) is 47.0 Å². The van der Waals surface area contributed by atoms with E-state index in [-0.39, 0.29) is 21.2 Å².